The molecular formula is C15H19N3O3. The van der Waals surface area contributed by atoms with Gasteiger partial charge in [-0.3, -0.25) is 0 Å². The molecule has 1 saturated heterocycles. The highest BCUT2D eigenvalue weighted by atomic mass is 16.5. The van der Waals surface area contributed by atoms with Gasteiger partial charge in [0.1, 0.15) is 11.3 Å². The van der Waals surface area contributed by atoms with Gasteiger partial charge in [0, 0.05) is 6.42 Å². The maximum Gasteiger partial charge on any atom is 0.337 e. The highest BCUT2D eigenvalue weighted by molar-refractivity contribution is 6.01. The van der Waals surface area contributed by atoms with Gasteiger partial charge in [0.15, 0.2) is 0 Å². The molecule has 6 heteroatoms. The van der Waals surface area contributed by atoms with E-state index in [1.165, 1.54) is 0 Å². The van der Waals surface area contributed by atoms with Crippen molar-refractivity contribution >= 4 is 17.0 Å². The number of carboxylic acid groups (broad SMARTS) is 1. The predicted molar refractivity (Wildman–Crippen MR) is 79.5 cm³/mol. The molecule has 0 unspecified atom stereocenters. The summed E-state index contributed by atoms with van der Waals surface area (Å²) in [5.41, 5.74) is 1.69. The molecule has 0 saturated carbocycles. The maximum absolute atomic E-state index is 11.4. The molecule has 2 aromatic rings. The van der Waals surface area contributed by atoms with Crippen molar-refractivity contribution in [3.05, 3.63) is 29.6 Å². The molecule has 2 heterocycles. The van der Waals surface area contributed by atoms with Crippen LogP contribution in [0.5, 0.6) is 0 Å². The molecule has 21 heavy (non-hydrogen) atoms. The summed E-state index contributed by atoms with van der Waals surface area (Å²) in [5, 5.41) is 11.5. The Kier molecular flexibility index (Phi) is 3.79. The van der Waals surface area contributed by atoms with Gasteiger partial charge >= 0.3 is 5.97 Å². The Morgan fingerprint density at radius 2 is 2.14 bits per heavy atom. The van der Waals surface area contributed by atoms with Crippen molar-refractivity contribution < 1.29 is 14.6 Å². The summed E-state index contributed by atoms with van der Waals surface area (Å²) in [6.45, 7) is 5.05. The number of nitrogens with zero attached hydrogens (tertiary/aromatic N) is 3. The zero-order chi connectivity index (χ0) is 14.8. The van der Waals surface area contributed by atoms with E-state index in [4.69, 9.17) is 4.74 Å². The van der Waals surface area contributed by atoms with Gasteiger partial charge in [-0.15, -0.1) is 0 Å². The number of fused-ring (bicyclic) bond motifs is 1. The molecule has 1 fully saturated rings. The van der Waals surface area contributed by atoms with Crippen molar-refractivity contribution in [1.82, 2.24) is 9.66 Å². The zero-order valence-corrected chi connectivity index (χ0v) is 12.1. The second-order valence-electron chi connectivity index (χ2n) is 5.13. The van der Waals surface area contributed by atoms with E-state index in [1.807, 2.05) is 6.07 Å². The molecule has 3 rings (SSSR count). The topological polar surface area (TPSA) is 67.6 Å². The van der Waals surface area contributed by atoms with Crippen molar-refractivity contribution in [2.24, 2.45) is 0 Å². The van der Waals surface area contributed by atoms with Gasteiger partial charge < -0.3 is 14.9 Å². The number of carbonyl (C=O) groups is 1. The van der Waals surface area contributed by atoms with E-state index < -0.39 is 5.97 Å². The van der Waals surface area contributed by atoms with E-state index in [0.29, 0.717) is 18.7 Å². The van der Waals surface area contributed by atoms with E-state index in [1.54, 1.807) is 12.1 Å². The molecule has 1 aliphatic heterocycles. The van der Waals surface area contributed by atoms with Gasteiger partial charge in [-0.1, -0.05) is 13.0 Å². The van der Waals surface area contributed by atoms with Gasteiger partial charge in [-0.05, 0) is 18.6 Å². The monoisotopic (exact) mass is 289 g/mol. The summed E-state index contributed by atoms with van der Waals surface area (Å²) in [5.74, 6) is -0.0154. The Bertz CT molecular complexity index is 659. The van der Waals surface area contributed by atoms with E-state index in [9.17, 15) is 9.90 Å². The van der Waals surface area contributed by atoms with Crippen LogP contribution in [0.1, 0.15) is 29.5 Å². The number of carboxylic acids is 1. The third kappa shape index (κ3) is 2.47. The number of aromatic carboxylic acids is 1. The Labute approximate surface area is 122 Å². The SMILES string of the molecule is CCCc1nc2c(C(=O)O)cccc2n1N1CCOCC1. The highest BCUT2D eigenvalue weighted by Gasteiger charge is 2.21. The third-order valence-corrected chi connectivity index (χ3v) is 3.70. The van der Waals surface area contributed by atoms with E-state index >= 15 is 0 Å². The van der Waals surface area contributed by atoms with Crippen LogP contribution in [0, 0.1) is 0 Å². The van der Waals surface area contributed by atoms with Crippen LogP contribution in [0.3, 0.4) is 0 Å². The number of imidazole rings is 1. The summed E-state index contributed by atoms with van der Waals surface area (Å²) >= 11 is 0. The quantitative estimate of drug-likeness (QED) is 0.927. The third-order valence-electron chi connectivity index (χ3n) is 3.70. The van der Waals surface area contributed by atoms with Crippen LogP contribution >= 0.6 is 0 Å². The van der Waals surface area contributed by atoms with Gasteiger partial charge in [-0.2, -0.15) is 0 Å². The average Bonchev–Trinajstić information content (AvgIpc) is 2.86. The Morgan fingerprint density at radius 3 is 2.81 bits per heavy atom. The zero-order valence-electron chi connectivity index (χ0n) is 12.1. The first-order valence-corrected chi connectivity index (χ1v) is 7.29. The summed E-state index contributed by atoms with van der Waals surface area (Å²) in [6, 6.07) is 5.32. The second kappa shape index (κ2) is 5.73. The van der Waals surface area contributed by atoms with Crippen molar-refractivity contribution in [1.29, 1.82) is 0 Å². The minimum atomic E-state index is -0.935. The van der Waals surface area contributed by atoms with Crippen LogP contribution in [0.2, 0.25) is 0 Å². The van der Waals surface area contributed by atoms with Crippen molar-refractivity contribution in [2.75, 3.05) is 31.3 Å². The van der Waals surface area contributed by atoms with E-state index in [0.717, 1.165) is 37.3 Å². The first-order valence-electron chi connectivity index (χ1n) is 7.29. The summed E-state index contributed by atoms with van der Waals surface area (Å²) in [6.07, 6.45) is 1.79. The second-order valence-corrected chi connectivity index (χ2v) is 5.13. The fourth-order valence-electron chi connectivity index (χ4n) is 2.76. The molecule has 1 aromatic heterocycles. The molecule has 0 spiro atoms. The summed E-state index contributed by atoms with van der Waals surface area (Å²) in [7, 11) is 0. The molecular weight excluding hydrogens is 270 g/mol. The Morgan fingerprint density at radius 1 is 1.38 bits per heavy atom. The number of rotatable bonds is 4. The standard InChI is InChI=1S/C15H19N3O3/c1-2-4-13-16-14-11(15(19)20)5-3-6-12(14)18(13)17-7-9-21-10-8-17/h3,5-6H,2,4,7-10H2,1H3,(H,19,20). The normalized spacial score (nSPS) is 15.6. The van der Waals surface area contributed by atoms with Gasteiger partial charge in [0.05, 0.1) is 37.4 Å². The fraction of sp³-hybridized carbons (Fsp3) is 0.467. The number of para-hydroxylation sites is 1. The number of hydrogen-bond donors (Lipinski definition) is 1. The summed E-state index contributed by atoms with van der Waals surface area (Å²) in [4.78, 5) is 16.0. The van der Waals surface area contributed by atoms with Crippen LogP contribution in [0.4, 0.5) is 0 Å². The van der Waals surface area contributed by atoms with Gasteiger partial charge in [0.2, 0.25) is 0 Å². The van der Waals surface area contributed by atoms with Crippen molar-refractivity contribution in [2.45, 2.75) is 19.8 Å². The average molecular weight is 289 g/mol. The molecule has 0 aliphatic carbocycles. The van der Waals surface area contributed by atoms with Crippen LogP contribution < -0.4 is 5.01 Å². The lowest BCUT2D eigenvalue weighted by Crippen LogP contribution is -2.44. The van der Waals surface area contributed by atoms with Crippen molar-refractivity contribution in [3.63, 3.8) is 0 Å². The van der Waals surface area contributed by atoms with Crippen LogP contribution in [-0.4, -0.2) is 47.0 Å². The molecule has 1 aliphatic rings. The highest BCUT2D eigenvalue weighted by Crippen LogP contribution is 2.22. The Hall–Kier alpha value is -2.08. The van der Waals surface area contributed by atoms with Crippen LogP contribution in [0.25, 0.3) is 11.0 Å². The van der Waals surface area contributed by atoms with E-state index in [2.05, 4.69) is 21.6 Å². The first kappa shape index (κ1) is 13.9. The number of morpholine rings is 1. The van der Waals surface area contributed by atoms with Crippen LogP contribution in [-0.2, 0) is 11.2 Å². The van der Waals surface area contributed by atoms with Crippen LogP contribution in [0.15, 0.2) is 18.2 Å². The molecule has 6 nitrogen and oxygen atoms in total. The van der Waals surface area contributed by atoms with E-state index in [-0.39, 0.29) is 5.56 Å². The molecule has 0 amide bonds. The lowest BCUT2D eigenvalue weighted by molar-refractivity contribution is 0.0699. The molecule has 0 bridgehead atoms. The number of aryl methyl sites for hydroxylation is 1. The predicted octanol–water partition coefficient (Wildman–Crippen LogP) is 1.66. The first-order chi connectivity index (χ1) is 10.2. The molecule has 0 radical (unpaired) electrons. The lowest BCUT2D eigenvalue weighted by atomic mass is 10.2. The van der Waals surface area contributed by atoms with Gasteiger partial charge in [-0.25, -0.2) is 14.5 Å². The number of benzene rings is 1. The molecule has 1 aromatic carbocycles. The molecule has 112 valence electrons. The largest absolute Gasteiger partial charge is 0.478 e. The lowest BCUT2D eigenvalue weighted by Gasteiger charge is -2.31. The van der Waals surface area contributed by atoms with Crippen molar-refractivity contribution in [3.8, 4) is 0 Å². The minimum absolute atomic E-state index is 0.261. The molecule has 0 atom stereocenters. The Balaban J connectivity index is 2.17. The number of aromatic nitrogens is 2. The number of hydrogen-bond acceptors (Lipinski definition) is 4. The number of ether oxygens (including phenoxy) is 1. The maximum atomic E-state index is 11.4. The summed E-state index contributed by atoms with van der Waals surface area (Å²) < 4.78 is 7.48. The fourth-order valence-corrected chi connectivity index (χ4v) is 2.76. The molecule has 1 N–H and O–H groups in total. The minimum Gasteiger partial charge on any atom is -0.478 e. The van der Waals surface area contributed by atoms with Gasteiger partial charge in [0.25, 0.3) is 0 Å². The smallest absolute Gasteiger partial charge is 0.337 e.